The van der Waals surface area contributed by atoms with Gasteiger partial charge in [-0.2, -0.15) is 0 Å². The maximum absolute atomic E-state index is 13.5. The standard InChI is InChI=1S/C28H38N4O7/c1-3-4-11-31(12-6-13-33)25(34)17-32-16-20(19-14-22(37-2)27-23(15-19)38-18-39-27)26(28(35)36)21(32)7-8-24-29-9-5-10-30-24/h5,9-10,14-15,20-21,26,33H,3-4,6-8,11-13,16-18H2,1-2H3,(H,35,36)/t20-,21+,26?/m1/s1. The van der Waals surface area contributed by atoms with Gasteiger partial charge in [0, 0.05) is 57.0 Å². The molecule has 2 aliphatic rings. The number of nitrogens with zero attached hydrogens (tertiary/aromatic N) is 4. The first-order valence-corrected chi connectivity index (χ1v) is 13.6. The van der Waals surface area contributed by atoms with Crippen molar-refractivity contribution in [1.29, 1.82) is 0 Å². The van der Waals surface area contributed by atoms with Gasteiger partial charge < -0.3 is 29.3 Å². The van der Waals surface area contributed by atoms with Gasteiger partial charge in [-0.15, -0.1) is 0 Å². The molecule has 4 rings (SSSR count). The van der Waals surface area contributed by atoms with Gasteiger partial charge in [0.2, 0.25) is 18.4 Å². The van der Waals surface area contributed by atoms with Crippen molar-refractivity contribution in [3.05, 3.63) is 42.0 Å². The smallest absolute Gasteiger partial charge is 0.308 e. The Morgan fingerprint density at radius 2 is 1.95 bits per heavy atom. The lowest BCUT2D eigenvalue weighted by molar-refractivity contribution is -0.143. The second kappa shape index (κ2) is 13.6. The fraction of sp³-hybridized carbons (Fsp3) is 0.571. The van der Waals surface area contributed by atoms with Crippen LogP contribution in [-0.2, 0) is 16.0 Å². The number of carbonyl (C=O) groups is 2. The Kier molecular flexibility index (Phi) is 9.94. The quantitative estimate of drug-likeness (QED) is 0.366. The zero-order chi connectivity index (χ0) is 27.8. The van der Waals surface area contributed by atoms with Crippen molar-refractivity contribution in [3.63, 3.8) is 0 Å². The van der Waals surface area contributed by atoms with Crippen LogP contribution in [0.5, 0.6) is 17.2 Å². The Hall–Kier alpha value is -3.44. The summed E-state index contributed by atoms with van der Waals surface area (Å²) in [5.74, 6) is -0.00991. The van der Waals surface area contributed by atoms with E-state index >= 15 is 0 Å². The van der Waals surface area contributed by atoms with Crippen molar-refractivity contribution in [1.82, 2.24) is 19.8 Å². The molecule has 1 amide bonds. The van der Waals surface area contributed by atoms with E-state index in [0.29, 0.717) is 62.0 Å². The molecule has 3 heterocycles. The maximum Gasteiger partial charge on any atom is 0.308 e. The summed E-state index contributed by atoms with van der Waals surface area (Å²) in [6.07, 6.45) is 6.62. The molecule has 2 aliphatic heterocycles. The number of fused-ring (bicyclic) bond motifs is 1. The third-order valence-electron chi connectivity index (χ3n) is 7.48. The summed E-state index contributed by atoms with van der Waals surface area (Å²) in [7, 11) is 1.54. The number of aliphatic hydroxyl groups is 1. The van der Waals surface area contributed by atoms with Crippen LogP contribution in [0.15, 0.2) is 30.6 Å². The lowest BCUT2D eigenvalue weighted by Crippen LogP contribution is -2.45. The topological polar surface area (TPSA) is 135 Å². The number of rotatable bonds is 14. The summed E-state index contributed by atoms with van der Waals surface area (Å²) >= 11 is 0. The highest BCUT2D eigenvalue weighted by Gasteiger charge is 2.47. The van der Waals surface area contributed by atoms with Crippen LogP contribution in [0.4, 0.5) is 0 Å². The van der Waals surface area contributed by atoms with Gasteiger partial charge >= 0.3 is 5.97 Å². The molecule has 1 unspecified atom stereocenters. The van der Waals surface area contributed by atoms with Crippen molar-refractivity contribution in [2.45, 2.75) is 51.0 Å². The minimum atomic E-state index is -0.923. The van der Waals surface area contributed by atoms with E-state index < -0.39 is 23.8 Å². The number of aromatic nitrogens is 2. The molecule has 0 radical (unpaired) electrons. The van der Waals surface area contributed by atoms with Gasteiger partial charge in [0.05, 0.1) is 19.6 Å². The summed E-state index contributed by atoms with van der Waals surface area (Å²) in [6, 6.07) is 4.96. The number of methoxy groups -OCH3 is 1. The summed E-state index contributed by atoms with van der Waals surface area (Å²) in [5, 5.41) is 19.8. The van der Waals surface area contributed by atoms with E-state index in [-0.39, 0.29) is 25.9 Å². The minimum absolute atomic E-state index is 0.00836. The molecule has 2 N–H and O–H groups in total. The molecule has 3 atom stereocenters. The number of aliphatic carboxylic acids is 1. The minimum Gasteiger partial charge on any atom is -0.493 e. The van der Waals surface area contributed by atoms with E-state index in [4.69, 9.17) is 14.2 Å². The number of carboxylic acids is 1. The summed E-state index contributed by atoms with van der Waals surface area (Å²) < 4.78 is 16.7. The van der Waals surface area contributed by atoms with Crippen LogP contribution < -0.4 is 14.2 Å². The van der Waals surface area contributed by atoms with Gasteiger partial charge in [0.1, 0.15) is 5.82 Å². The highest BCUT2D eigenvalue weighted by molar-refractivity contribution is 5.79. The fourth-order valence-electron chi connectivity index (χ4n) is 5.54. The Bertz CT molecular complexity index is 1110. The monoisotopic (exact) mass is 542 g/mol. The van der Waals surface area contributed by atoms with Gasteiger partial charge in [-0.25, -0.2) is 9.97 Å². The van der Waals surface area contributed by atoms with E-state index in [0.717, 1.165) is 18.4 Å². The average Bonchev–Trinajstić information content (AvgIpc) is 3.56. The number of carbonyl (C=O) groups excluding carboxylic acids is 1. The Morgan fingerprint density at radius 1 is 1.18 bits per heavy atom. The molecule has 11 nitrogen and oxygen atoms in total. The number of hydrogen-bond acceptors (Lipinski definition) is 9. The SMILES string of the molecule is CCCCN(CCCO)C(=O)CN1C[C@H](c2cc(OC)c3c(c2)OCO3)C(C(=O)O)[C@@H]1CCc1ncccn1. The predicted octanol–water partition coefficient (Wildman–Crippen LogP) is 2.33. The molecule has 1 aromatic carbocycles. The van der Waals surface area contributed by atoms with Crippen molar-refractivity contribution in [2.75, 3.05) is 46.7 Å². The molecule has 0 saturated carbocycles. The van der Waals surface area contributed by atoms with Crippen molar-refractivity contribution < 1.29 is 34.0 Å². The number of unbranched alkanes of at least 4 members (excludes halogenated alkanes) is 1. The fourth-order valence-corrected chi connectivity index (χ4v) is 5.54. The number of ether oxygens (including phenoxy) is 3. The van der Waals surface area contributed by atoms with Gasteiger partial charge in [0.25, 0.3) is 0 Å². The van der Waals surface area contributed by atoms with Crippen molar-refractivity contribution >= 4 is 11.9 Å². The molecule has 39 heavy (non-hydrogen) atoms. The van der Waals surface area contributed by atoms with Gasteiger partial charge in [0.15, 0.2) is 11.5 Å². The van der Waals surface area contributed by atoms with Gasteiger partial charge in [-0.3, -0.25) is 14.5 Å². The Labute approximate surface area is 228 Å². The summed E-state index contributed by atoms with van der Waals surface area (Å²) in [4.78, 5) is 38.6. The molecule has 2 aromatic rings. The summed E-state index contributed by atoms with van der Waals surface area (Å²) in [6.45, 7) is 3.70. The Balaban J connectivity index is 1.63. The Morgan fingerprint density at radius 3 is 2.64 bits per heavy atom. The second-order valence-electron chi connectivity index (χ2n) is 9.94. The first-order chi connectivity index (χ1) is 19.0. The van der Waals surface area contributed by atoms with Crippen molar-refractivity contribution in [3.8, 4) is 17.2 Å². The second-order valence-corrected chi connectivity index (χ2v) is 9.94. The molecule has 0 bridgehead atoms. The third kappa shape index (κ3) is 6.77. The molecule has 0 aliphatic carbocycles. The van der Waals surface area contributed by atoms with Gasteiger partial charge in [-0.1, -0.05) is 13.3 Å². The van der Waals surface area contributed by atoms with Crippen LogP contribution in [0, 0.1) is 5.92 Å². The van der Waals surface area contributed by atoms with Crippen LogP contribution in [0.1, 0.15) is 49.9 Å². The molecule has 11 heteroatoms. The largest absolute Gasteiger partial charge is 0.493 e. The molecular formula is C28H38N4O7. The number of benzene rings is 1. The van der Waals surface area contributed by atoms with E-state index in [2.05, 4.69) is 16.9 Å². The summed E-state index contributed by atoms with van der Waals surface area (Å²) in [5.41, 5.74) is 0.766. The zero-order valence-corrected chi connectivity index (χ0v) is 22.6. The van der Waals surface area contributed by atoms with E-state index in [9.17, 15) is 19.8 Å². The highest BCUT2D eigenvalue weighted by Crippen LogP contribution is 2.47. The van der Waals surface area contributed by atoms with E-state index in [1.54, 1.807) is 23.4 Å². The zero-order valence-electron chi connectivity index (χ0n) is 22.6. The first-order valence-electron chi connectivity index (χ1n) is 13.6. The molecule has 0 spiro atoms. The van der Waals surface area contributed by atoms with Crippen molar-refractivity contribution in [2.24, 2.45) is 5.92 Å². The molecule has 1 saturated heterocycles. The number of carboxylic acid groups (broad SMARTS) is 1. The van der Waals surface area contributed by atoms with Crippen LogP contribution in [-0.4, -0.2) is 94.6 Å². The van der Waals surface area contributed by atoms with E-state index in [1.165, 1.54) is 7.11 Å². The maximum atomic E-state index is 13.5. The number of aliphatic hydroxyl groups excluding tert-OH is 1. The van der Waals surface area contributed by atoms with Crippen LogP contribution >= 0.6 is 0 Å². The number of aryl methyl sites for hydroxylation is 1. The normalized spacial score (nSPS) is 20.2. The van der Waals surface area contributed by atoms with E-state index in [1.807, 2.05) is 17.0 Å². The number of hydrogen-bond donors (Lipinski definition) is 2. The van der Waals surface area contributed by atoms with Gasteiger partial charge in [-0.05, 0) is 43.0 Å². The van der Waals surface area contributed by atoms with Crippen LogP contribution in [0.2, 0.25) is 0 Å². The third-order valence-corrected chi connectivity index (χ3v) is 7.48. The lowest BCUT2D eigenvalue weighted by atomic mass is 9.83. The molecule has 212 valence electrons. The average molecular weight is 543 g/mol. The van der Waals surface area contributed by atoms with Crippen LogP contribution in [0.3, 0.4) is 0 Å². The predicted molar refractivity (Wildman–Crippen MR) is 142 cm³/mol. The first kappa shape index (κ1) is 28.6. The lowest BCUT2D eigenvalue weighted by Gasteiger charge is -2.29. The molecule has 1 fully saturated rings. The molecular weight excluding hydrogens is 504 g/mol. The number of amides is 1. The highest BCUT2D eigenvalue weighted by atomic mass is 16.7. The van der Waals surface area contributed by atoms with Crippen LogP contribution in [0.25, 0.3) is 0 Å². The molecule has 1 aromatic heterocycles. The number of likely N-dealkylation sites (tertiary alicyclic amines) is 1.